The van der Waals surface area contributed by atoms with Gasteiger partial charge in [0.05, 0.1) is 19.8 Å². The first kappa shape index (κ1) is 18.0. The van der Waals surface area contributed by atoms with Crippen LogP contribution in [0.2, 0.25) is 0 Å². The second-order valence-electron chi connectivity index (χ2n) is 7.75. The Morgan fingerprint density at radius 1 is 1.09 bits per heavy atom. The van der Waals surface area contributed by atoms with Crippen molar-refractivity contribution in [3.63, 3.8) is 0 Å². The summed E-state index contributed by atoms with van der Waals surface area (Å²) in [5, 5.41) is 8.77. The summed E-state index contributed by atoms with van der Waals surface area (Å²) in [4.78, 5) is 25.7. The van der Waals surface area contributed by atoms with Crippen LogP contribution >= 0.6 is 0 Å². The minimum Gasteiger partial charge on any atom is -0.493 e. The maximum absolute atomic E-state index is 13.9. The predicted octanol–water partition coefficient (Wildman–Crippen LogP) is 5.78. The molecule has 1 amide bonds. The van der Waals surface area contributed by atoms with Gasteiger partial charge in [-0.3, -0.25) is 9.59 Å². The molecule has 6 heteroatoms. The van der Waals surface area contributed by atoms with Crippen molar-refractivity contribution in [2.24, 2.45) is 0 Å². The zero-order valence-electron chi connectivity index (χ0n) is 22.2. The van der Waals surface area contributed by atoms with Crippen LogP contribution in [-0.2, 0) is 11.3 Å². The Morgan fingerprint density at radius 2 is 1.88 bits per heavy atom. The van der Waals surface area contributed by atoms with Crippen LogP contribution in [0, 0.1) is 0 Å². The highest BCUT2D eigenvalue weighted by Crippen LogP contribution is 2.34. The minimum absolute atomic E-state index is 0.106. The smallest absolute Gasteiger partial charge is 0.303 e. The van der Waals surface area contributed by atoms with Gasteiger partial charge in [0, 0.05) is 34.2 Å². The van der Waals surface area contributed by atoms with Gasteiger partial charge in [-0.2, -0.15) is 0 Å². The lowest BCUT2D eigenvalue weighted by molar-refractivity contribution is -0.137. The van der Waals surface area contributed by atoms with E-state index in [0.29, 0.717) is 48.5 Å². The number of carbonyl (C=O) groups excluding carboxylic acids is 1. The molecule has 1 aliphatic carbocycles. The highest BCUT2D eigenvalue weighted by atomic mass is 16.5. The normalized spacial score (nSPS) is 22.4. The van der Waals surface area contributed by atoms with E-state index in [4.69, 9.17) is 19.7 Å². The molecule has 3 aromatic rings. The lowest BCUT2D eigenvalue weighted by atomic mass is 10.0. The van der Waals surface area contributed by atoms with Gasteiger partial charge in [0.1, 0.15) is 11.5 Å². The molecule has 0 bridgehead atoms. The van der Waals surface area contributed by atoms with Crippen molar-refractivity contribution in [3.05, 3.63) is 78.1 Å². The van der Waals surface area contributed by atoms with E-state index >= 15 is 0 Å². The Bertz CT molecular complexity index is 1250. The molecule has 0 spiro atoms. The second-order valence-corrected chi connectivity index (χ2v) is 7.75. The van der Waals surface area contributed by atoms with Crippen LogP contribution < -0.4 is 4.74 Å². The summed E-state index contributed by atoms with van der Waals surface area (Å²) in [6, 6.07) is 15.2. The number of unbranched alkanes of at least 4 members (excludes halogenated alkanes) is 2. The fourth-order valence-electron chi connectivity index (χ4n) is 3.60. The predicted molar refractivity (Wildman–Crippen MR) is 125 cm³/mol. The first-order chi connectivity index (χ1) is 17.7. The van der Waals surface area contributed by atoms with Gasteiger partial charge in [-0.15, -0.1) is 0 Å². The highest BCUT2D eigenvalue weighted by Gasteiger charge is 2.34. The fourth-order valence-corrected chi connectivity index (χ4v) is 3.60. The number of nitrogens with zero attached hydrogens (tertiary/aromatic N) is 1. The number of carboxylic acids is 1. The molecule has 33 heavy (non-hydrogen) atoms. The molecule has 1 heterocycles. The summed E-state index contributed by atoms with van der Waals surface area (Å²) in [6.45, 7) is 0.221. The van der Waals surface area contributed by atoms with E-state index < -0.39 is 30.7 Å². The molecule has 6 nitrogen and oxygen atoms in total. The van der Waals surface area contributed by atoms with Gasteiger partial charge >= 0.3 is 5.97 Å². The van der Waals surface area contributed by atoms with E-state index in [1.807, 2.05) is 0 Å². The zero-order valence-corrected chi connectivity index (χ0v) is 18.2. The van der Waals surface area contributed by atoms with Gasteiger partial charge in [-0.05, 0) is 56.3 Å². The second kappa shape index (κ2) is 10.9. The standard InChI is InChI=1S/C27H29NO5/c29-26(30)14-2-1-7-17-32-24-12-6-3-9-20(24)19-28(21-15-16-21)27(31)23-11-5-4-10-22(23)25-13-8-18-33-25/h3-6,8-13,18,21H,1-2,7,14-17,19H2,(H,29,30)/i15D,16D2,21D. The number of hydrogen-bond donors (Lipinski definition) is 1. The van der Waals surface area contributed by atoms with E-state index in [0.717, 1.165) is 4.90 Å². The SMILES string of the molecule is [2H]C1C([2H])([2H])C1([2H])N(Cc1ccccc1OCCCCCC(=O)O)C(=O)c1ccccc1-c1ccco1. The molecule has 0 radical (unpaired) electrons. The number of ether oxygens (including phenoxy) is 1. The van der Waals surface area contributed by atoms with Crippen LogP contribution in [0.15, 0.2) is 71.3 Å². The van der Waals surface area contributed by atoms with E-state index in [2.05, 4.69) is 0 Å². The van der Waals surface area contributed by atoms with Crippen molar-refractivity contribution >= 4 is 11.9 Å². The summed E-state index contributed by atoms with van der Waals surface area (Å²) in [6.07, 6.45) is -0.132. The Labute approximate surface area is 199 Å². The quantitative estimate of drug-likeness (QED) is 0.353. The van der Waals surface area contributed by atoms with E-state index in [-0.39, 0.29) is 18.5 Å². The third kappa shape index (κ3) is 6.04. The van der Waals surface area contributed by atoms with Crippen molar-refractivity contribution < 1.29 is 29.3 Å². The average Bonchev–Trinajstić information content (AvgIpc) is 3.27. The van der Waals surface area contributed by atoms with Gasteiger partial charge in [0.15, 0.2) is 0 Å². The number of aliphatic carboxylic acids is 1. The monoisotopic (exact) mass is 451 g/mol. The Kier molecular flexibility index (Phi) is 5.91. The van der Waals surface area contributed by atoms with Gasteiger partial charge in [0.2, 0.25) is 0 Å². The lowest BCUT2D eigenvalue weighted by Crippen LogP contribution is -2.33. The zero-order chi connectivity index (χ0) is 26.6. The van der Waals surface area contributed by atoms with Crippen molar-refractivity contribution in [2.45, 2.75) is 51.0 Å². The van der Waals surface area contributed by atoms with Crippen LogP contribution in [0.4, 0.5) is 0 Å². The first-order valence-corrected chi connectivity index (χ1v) is 11.0. The van der Waals surface area contributed by atoms with Crippen molar-refractivity contribution in [3.8, 4) is 17.1 Å². The summed E-state index contributed by atoms with van der Waals surface area (Å²) < 4.78 is 44.9. The van der Waals surface area contributed by atoms with Gasteiger partial charge in [-0.1, -0.05) is 36.4 Å². The molecule has 0 aliphatic heterocycles. The van der Waals surface area contributed by atoms with E-state index in [1.54, 1.807) is 60.7 Å². The first-order valence-electron chi connectivity index (χ1n) is 13.0. The molecular formula is C27H29NO5. The van der Waals surface area contributed by atoms with Gasteiger partial charge in [0.25, 0.3) is 5.91 Å². The van der Waals surface area contributed by atoms with Crippen LogP contribution in [0.1, 0.15) is 59.9 Å². The van der Waals surface area contributed by atoms with Crippen LogP contribution in [0.3, 0.4) is 0 Å². The number of carbonyl (C=O) groups is 2. The molecule has 0 saturated heterocycles. The van der Waals surface area contributed by atoms with Crippen molar-refractivity contribution in [1.82, 2.24) is 4.90 Å². The number of furan rings is 1. The molecule has 2 aromatic carbocycles. The maximum atomic E-state index is 13.9. The summed E-state index contributed by atoms with van der Waals surface area (Å²) in [5.74, 6) is -0.453. The molecule has 2 atom stereocenters. The lowest BCUT2D eigenvalue weighted by Gasteiger charge is -2.25. The Hall–Kier alpha value is -3.54. The average molecular weight is 452 g/mol. The molecule has 1 aromatic heterocycles. The number of carboxylic acid groups (broad SMARTS) is 1. The molecule has 1 fully saturated rings. The summed E-state index contributed by atoms with van der Waals surface area (Å²) in [5.41, 5.74) is 1.34. The summed E-state index contributed by atoms with van der Waals surface area (Å²) in [7, 11) is 0. The van der Waals surface area contributed by atoms with Gasteiger partial charge in [-0.25, -0.2) is 0 Å². The molecule has 172 valence electrons. The molecule has 1 saturated carbocycles. The van der Waals surface area contributed by atoms with Crippen LogP contribution in [0.5, 0.6) is 5.75 Å². The fraction of sp³-hybridized carbons (Fsp3) is 0.333. The Balaban J connectivity index is 1.59. The van der Waals surface area contributed by atoms with E-state index in [1.165, 1.54) is 6.26 Å². The number of amides is 1. The van der Waals surface area contributed by atoms with Crippen molar-refractivity contribution in [1.29, 1.82) is 0 Å². The van der Waals surface area contributed by atoms with Crippen LogP contribution in [-0.4, -0.2) is 34.5 Å². The largest absolute Gasteiger partial charge is 0.493 e. The molecular weight excluding hydrogens is 418 g/mol. The number of benzene rings is 2. The molecule has 1 aliphatic rings. The maximum Gasteiger partial charge on any atom is 0.303 e. The van der Waals surface area contributed by atoms with Crippen LogP contribution in [0.25, 0.3) is 11.3 Å². The third-order valence-electron chi connectivity index (χ3n) is 5.35. The molecule has 1 N–H and O–H groups in total. The minimum atomic E-state index is -2.21. The Morgan fingerprint density at radius 3 is 2.64 bits per heavy atom. The van der Waals surface area contributed by atoms with Gasteiger partial charge < -0.3 is 19.2 Å². The number of hydrogen-bond acceptors (Lipinski definition) is 4. The number of rotatable bonds is 12. The third-order valence-corrected chi connectivity index (χ3v) is 5.35. The highest BCUT2D eigenvalue weighted by molar-refractivity contribution is 6.00. The van der Waals surface area contributed by atoms with E-state index in [9.17, 15) is 9.59 Å². The molecule has 4 rings (SSSR count). The molecule has 2 unspecified atom stereocenters. The number of para-hydroxylation sites is 1. The summed E-state index contributed by atoms with van der Waals surface area (Å²) >= 11 is 0. The van der Waals surface area contributed by atoms with Crippen molar-refractivity contribution in [2.75, 3.05) is 6.61 Å². The topological polar surface area (TPSA) is 80.0 Å².